The highest BCUT2D eigenvalue weighted by Crippen LogP contribution is 2.21. The normalized spacial score (nSPS) is 17.0. The molecular weight excluding hydrogens is 312 g/mol. The van der Waals surface area contributed by atoms with Crippen LogP contribution in [0.15, 0.2) is 29.2 Å². The Labute approximate surface area is 139 Å². The molecule has 1 saturated heterocycles. The van der Waals surface area contributed by atoms with Gasteiger partial charge in [-0.3, -0.25) is 4.79 Å². The van der Waals surface area contributed by atoms with Gasteiger partial charge in [0.25, 0.3) is 0 Å². The van der Waals surface area contributed by atoms with Crippen LogP contribution in [-0.2, 0) is 14.8 Å². The summed E-state index contributed by atoms with van der Waals surface area (Å²) in [5, 5.41) is 0. The average Bonchev–Trinajstić information content (AvgIpc) is 2.54. The summed E-state index contributed by atoms with van der Waals surface area (Å²) in [6.07, 6.45) is 0. The molecule has 0 aromatic heterocycles. The molecule has 1 aromatic carbocycles. The maximum absolute atomic E-state index is 12.7. The Balaban J connectivity index is 2.08. The van der Waals surface area contributed by atoms with Crippen LogP contribution in [0.3, 0.4) is 0 Å². The molecule has 0 spiro atoms. The number of carbonyl (C=O) groups is 1. The van der Waals surface area contributed by atoms with Crippen molar-refractivity contribution in [2.24, 2.45) is 5.92 Å². The van der Waals surface area contributed by atoms with Gasteiger partial charge in [-0.15, -0.1) is 0 Å². The van der Waals surface area contributed by atoms with E-state index in [2.05, 4.69) is 13.8 Å². The molecule has 6 heteroatoms. The van der Waals surface area contributed by atoms with Crippen molar-refractivity contribution in [1.82, 2.24) is 9.21 Å². The standard InChI is InChI=1S/C17H26N2O3S/c1-13(2)15-5-7-16(8-6-15)23(21,22)19-11-9-18(10-12-19)17(20)14(3)4/h5-8,13-14H,9-12H2,1-4H3. The second kappa shape index (κ2) is 7.01. The molecule has 1 aliphatic rings. The Morgan fingerprint density at radius 1 is 0.957 bits per heavy atom. The molecule has 23 heavy (non-hydrogen) atoms. The molecule has 5 nitrogen and oxygen atoms in total. The number of amides is 1. The predicted molar refractivity (Wildman–Crippen MR) is 90.7 cm³/mol. The molecule has 1 heterocycles. The molecule has 0 atom stereocenters. The van der Waals surface area contributed by atoms with Gasteiger partial charge in [-0.05, 0) is 23.6 Å². The minimum atomic E-state index is -3.48. The summed E-state index contributed by atoms with van der Waals surface area (Å²) in [4.78, 5) is 14.1. The summed E-state index contributed by atoms with van der Waals surface area (Å²) in [7, 11) is -3.48. The minimum Gasteiger partial charge on any atom is -0.340 e. The van der Waals surface area contributed by atoms with E-state index in [4.69, 9.17) is 0 Å². The maximum atomic E-state index is 12.7. The summed E-state index contributed by atoms with van der Waals surface area (Å²) in [5.41, 5.74) is 1.12. The van der Waals surface area contributed by atoms with Crippen molar-refractivity contribution in [2.75, 3.05) is 26.2 Å². The fourth-order valence-electron chi connectivity index (χ4n) is 2.69. The van der Waals surface area contributed by atoms with Gasteiger partial charge in [0.15, 0.2) is 0 Å². The third-order valence-corrected chi connectivity index (χ3v) is 6.14. The van der Waals surface area contributed by atoms with Crippen LogP contribution in [0.2, 0.25) is 0 Å². The van der Waals surface area contributed by atoms with Gasteiger partial charge in [0.05, 0.1) is 4.90 Å². The lowest BCUT2D eigenvalue weighted by Crippen LogP contribution is -2.51. The van der Waals surface area contributed by atoms with Crippen LogP contribution in [0.4, 0.5) is 0 Å². The quantitative estimate of drug-likeness (QED) is 0.846. The van der Waals surface area contributed by atoms with E-state index in [1.807, 2.05) is 26.0 Å². The summed E-state index contributed by atoms with van der Waals surface area (Å²) < 4.78 is 26.9. The van der Waals surface area contributed by atoms with Crippen LogP contribution in [-0.4, -0.2) is 49.7 Å². The Bertz CT molecular complexity index is 643. The molecule has 0 aliphatic carbocycles. The molecule has 1 amide bonds. The molecular formula is C17H26N2O3S. The molecule has 0 N–H and O–H groups in total. The molecule has 0 radical (unpaired) electrons. The van der Waals surface area contributed by atoms with Gasteiger partial charge in [0, 0.05) is 32.1 Å². The Kier molecular flexibility index (Phi) is 5.47. The largest absolute Gasteiger partial charge is 0.340 e. The number of carbonyl (C=O) groups excluding carboxylic acids is 1. The molecule has 0 bridgehead atoms. The molecule has 1 aromatic rings. The Hall–Kier alpha value is -1.40. The van der Waals surface area contributed by atoms with Crippen molar-refractivity contribution in [2.45, 2.75) is 38.5 Å². The van der Waals surface area contributed by atoms with Gasteiger partial charge < -0.3 is 4.90 Å². The number of sulfonamides is 1. The highest BCUT2D eigenvalue weighted by molar-refractivity contribution is 7.89. The van der Waals surface area contributed by atoms with E-state index in [9.17, 15) is 13.2 Å². The number of hydrogen-bond donors (Lipinski definition) is 0. The van der Waals surface area contributed by atoms with Crippen LogP contribution in [0, 0.1) is 5.92 Å². The summed E-state index contributed by atoms with van der Waals surface area (Å²) in [6, 6.07) is 7.10. The fourth-order valence-corrected chi connectivity index (χ4v) is 4.11. The first-order valence-electron chi connectivity index (χ1n) is 8.12. The fraction of sp³-hybridized carbons (Fsp3) is 0.588. The number of piperazine rings is 1. The van der Waals surface area contributed by atoms with E-state index in [1.54, 1.807) is 17.0 Å². The van der Waals surface area contributed by atoms with Crippen molar-refractivity contribution < 1.29 is 13.2 Å². The van der Waals surface area contributed by atoms with E-state index in [0.717, 1.165) is 5.56 Å². The van der Waals surface area contributed by atoms with Crippen molar-refractivity contribution in [3.8, 4) is 0 Å². The Morgan fingerprint density at radius 2 is 1.48 bits per heavy atom. The lowest BCUT2D eigenvalue weighted by atomic mass is 10.0. The number of benzene rings is 1. The second-order valence-corrected chi connectivity index (χ2v) is 8.55. The predicted octanol–water partition coefficient (Wildman–Crippen LogP) is 2.30. The highest BCUT2D eigenvalue weighted by atomic mass is 32.2. The molecule has 0 unspecified atom stereocenters. The first-order valence-corrected chi connectivity index (χ1v) is 9.56. The first-order chi connectivity index (χ1) is 10.7. The minimum absolute atomic E-state index is 0.0539. The van der Waals surface area contributed by atoms with Crippen molar-refractivity contribution >= 4 is 15.9 Å². The zero-order valence-corrected chi connectivity index (χ0v) is 15.1. The topological polar surface area (TPSA) is 57.7 Å². The van der Waals surface area contributed by atoms with Gasteiger partial charge in [-0.1, -0.05) is 39.8 Å². The summed E-state index contributed by atoms with van der Waals surface area (Å²) in [5.74, 6) is 0.405. The zero-order valence-electron chi connectivity index (χ0n) is 14.3. The lowest BCUT2D eigenvalue weighted by Gasteiger charge is -2.34. The Morgan fingerprint density at radius 3 is 1.91 bits per heavy atom. The summed E-state index contributed by atoms with van der Waals surface area (Å²) in [6.45, 7) is 9.51. The number of rotatable bonds is 4. The number of hydrogen-bond acceptors (Lipinski definition) is 3. The summed E-state index contributed by atoms with van der Waals surface area (Å²) >= 11 is 0. The second-order valence-electron chi connectivity index (χ2n) is 6.61. The van der Waals surface area contributed by atoms with Gasteiger partial charge in [-0.2, -0.15) is 4.31 Å². The molecule has 128 valence electrons. The van der Waals surface area contributed by atoms with Gasteiger partial charge in [0.2, 0.25) is 15.9 Å². The lowest BCUT2D eigenvalue weighted by molar-refractivity contribution is -0.135. The van der Waals surface area contributed by atoms with Crippen molar-refractivity contribution in [3.63, 3.8) is 0 Å². The van der Waals surface area contributed by atoms with Crippen molar-refractivity contribution in [1.29, 1.82) is 0 Å². The van der Waals surface area contributed by atoms with Crippen LogP contribution >= 0.6 is 0 Å². The van der Waals surface area contributed by atoms with Crippen LogP contribution in [0.5, 0.6) is 0 Å². The molecule has 0 saturated carbocycles. The van der Waals surface area contributed by atoms with E-state index in [1.165, 1.54) is 4.31 Å². The van der Waals surface area contributed by atoms with Crippen LogP contribution in [0.25, 0.3) is 0 Å². The van der Waals surface area contributed by atoms with Crippen LogP contribution < -0.4 is 0 Å². The third-order valence-electron chi connectivity index (χ3n) is 4.23. The van der Waals surface area contributed by atoms with E-state index >= 15 is 0 Å². The SMILES string of the molecule is CC(C)C(=O)N1CCN(S(=O)(=O)c2ccc(C(C)C)cc2)CC1. The van der Waals surface area contributed by atoms with Gasteiger partial charge in [0.1, 0.15) is 0 Å². The van der Waals surface area contributed by atoms with E-state index < -0.39 is 10.0 Å². The van der Waals surface area contributed by atoms with Crippen LogP contribution in [0.1, 0.15) is 39.2 Å². The van der Waals surface area contributed by atoms with E-state index in [-0.39, 0.29) is 11.8 Å². The number of nitrogens with zero attached hydrogens (tertiary/aromatic N) is 2. The molecule has 1 aliphatic heterocycles. The molecule has 1 fully saturated rings. The monoisotopic (exact) mass is 338 g/mol. The smallest absolute Gasteiger partial charge is 0.243 e. The average molecular weight is 338 g/mol. The first kappa shape index (κ1) is 17.9. The van der Waals surface area contributed by atoms with Gasteiger partial charge in [-0.25, -0.2) is 8.42 Å². The third kappa shape index (κ3) is 3.93. The van der Waals surface area contributed by atoms with Crippen molar-refractivity contribution in [3.05, 3.63) is 29.8 Å². The van der Waals surface area contributed by atoms with E-state index in [0.29, 0.717) is 37.0 Å². The molecule has 2 rings (SSSR count). The van der Waals surface area contributed by atoms with Gasteiger partial charge >= 0.3 is 0 Å². The highest BCUT2D eigenvalue weighted by Gasteiger charge is 2.30. The maximum Gasteiger partial charge on any atom is 0.243 e. The zero-order chi connectivity index (χ0) is 17.2.